The Kier molecular flexibility index (Phi) is 3.89. The summed E-state index contributed by atoms with van der Waals surface area (Å²) in [6.45, 7) is 2.31. The highest BCUT2D eigenvalue weighted by Gasteiger charge is 2.27. The molecule has 0 radical (unpaired) electrons. The van der Waals surface area contributed by atoms with E-state index < -0.39 is 0 Å². The van der Waals surface area contributed by atoms with Crippen LogP contribution in [0.2, 0.25) is 0 Å². The van der Waals surface area contributed by atoms with Crippen LogP contribution in [0.4, 0.5) is 0 Å². The smallest absolute Gasteiger partial charge is 0.161 e. The first-order valence-corrected chi connectivity index (χ1v) is 7.00. The van der Waals surface area contributed by atoms with Gasteiger partial charge in [-0.25, -0.2) is 0 Å². The van der Waals surface area contributed by atoms with Crippen LogP contribution in [-0.2, 0) is 4.74 Å². The zero-order chi connectivity index (χ0) is 13.1. The molecule has 2 unspecified atom stereocenters. The predicted octanol–water partition coefficient (Wildman–Crippen LogP) is 2.31. The van der Waals surface area contributed by atoms with Gasteiger partial charge < -0.3 is 19.3 Å². The van der Waals surface area contributed by atoms with Crippen LogP contribution in [0.25, 0.3) is 0 Å². The number of aliphatic hydroxyl groups is 1. The number of ether oxygens (including phenoxy) is 3. The third-order valence-corrected chi connectivity index (χ3v) is 3.78. The van der Waals surface area contributed by atoms with E-state index in [1.807, 2.05) is 18.2 Å². The van der Waals surface area contributed by atoms with E-state index in [0.29, 0.717) is 13.2 Å². The van der Waals surface area contributed by atoms with Gasteiger partial charge in [0, 0.05) is 25.6 Å². The Balaban J connectivity index is 1.86. The second kappa shape index (κ2) is 5.80. The first-order valence-electron chi connectivity index (χ1n) is 7.00. The Morgan fingerprint density at radius 2 is 1.89 bits per heavy atom. The molecule has 104 valence electrons. The molecule has 1 fully saturated rings. The van der Waals surface area contributed by atoms with Crippen LogP contribution < -0.4 is 9.47 Å². The van der Waals surface area contributed by atoms with Gasteiger partial charge in [-0.1, -0.05) is 6.07 Å². The molecule has 0 bridgehead atoms. The topological polar surface area (TPSA) is 47.9 Å². The van der Waals surface area contributed by atoms with Crippen LogP contribution in [-0.4, -0.2) is 31.5 Å². The number of hydrogen-bond donors (Lipinski definition) is 1. The lowest BCUT2D eigenvalue weighted by atomic mass is 9.90. The average molecular weight is 264 g/mol. The molecule has 1 aromatic carbocycles. The Morgan fingerprint density at radius 3 is 2.74 bits per heavy atom. The molecule has 4 nitrogen and oxygen atoms in total. The molecule has 4 heteroatoms. The van der Waals surface area contributed by atoms with Gasteiger partial charge in [-0.15, -0.1) is 0 Å². The van der Waals surface area contributed by atoms with E-state index in [1.54, 1.807) is 0 Å². The van der Waals surface area contributed by atoms with E-state index in [4.69, 9.17) is 14.2 Å². The third-order valence-electron chi connectivity index (χ3n) is 3.78. The summed E-state index contributed by atoms with van der Waals surface area (Å²) in [5.41, 5.74) is 1.07. The fourth-order valence-electron chi connectivity index (χ4n) is 2.76. The lowest BCUT2D eigenvalue weighted by molar-refractivity contribution is -0.0458. The number of rotatable bonds is 2. The van der Waals surface area contributed by atoms with E-state index in [0.717, 1.165) is 42.9 Å². The fraction of sp³-hybridized carbons (Fsp3) is 0.600. The van der Waals surface area contributed by atoms with Gasteiger partial charge >= 0.3 is 0 Å². The highest BCUT2D eigenvalue weighted by atomic mass is 16.5. The number of hydrogen-bond acceptors (Lipinski definition) is 4. The van der Waals surface area contributed by atoms with Crippen molar-refractivity contribution in [3.63, 3.8) is 0 Å². The van der Waals surface area contributed by atoms with Crippen LogP contribution in [0.3, 0.4) is 0 Å². The van der Waals surface area contributed by atoms with Crippen LogP contribution >= 0.6 is 0 Å². The zero-order valence-electron chi connectivity index (χ0n) is 11.0. The normalized spacial score (nSPS) is 26.8. The molecular formula is C15H20O4. The maximum absolute atomic E-state index is 9.47. The second-order valence-corrected chi connectivity index (χ2v) is 5.13. The summed E-state index contributed by atoms with van der Waals surface area (Å²) in [6.07, 6.45) is 2.90. The van der Waals surface area contributed by atoms with Crippen molar-refractivity contribution in [2.45, 2.75) is 25.4 Å². The summed E-state index contributed by atoms with van der Waals surface area (Å²) in [6, 6.07) is 5.97. The Bertz CT molecular complexity index is 432. The summed E-state index contributed by atoms with van der Waals surface area (Å²) in [5, 5.41) is 9.47. The molecule has 1 N–H and O–H groups in total. The van der Waals surface area contributed by atoms with Crippen molar-refractivity contribution in [3.05, 3.63) is 23.8 Å². The first kappa shape index (κ1) is 12.8. The molecular weight excluding hydrogens is 244 g/mol. The maximum Gasteiger partial charge on any atom is 0.161 e. The van der Waals surface area contributed by atoms with E-state index >= 15 is 0 Å². The minimum Gasteiger partial charge on any atom is -0.490 e. The van der Waals surface area contributed by atoms with Crippen molar-refractivity contribution in [1.29, 1.82) is 0 Å². The zero-order valence-corrected chi connectivity index (χ0v) is 11.0. The SMILES string of the molecule is OCC1CCCOC1c1ccc2c(c1)OCCCO2. The minimum absolute atomic E-state index is 0.0316. The summed E-state index contributed by atoms with van der Waals surface area (Å²) in [4.78, 5) is 0. The van der Waals surface area contributed by atoms with Crippen molar-refractivity contribution in [2.75, 3.05) is 26.4 Å². The van der Waals surface area contributed by atoms with E-state index in [-0.39, 0.29) is 18.6 Å². The van der Waals surface area contributed by atoms with E-state index in [2.05, 4.69) is 0 Å². The maximum atomic E-state index is 9.47. The summed E-state index contributed by atoms with van der Waals surface area (Å²) in [5.74, 6) is 1.77. The minimum atomic E-state index is -0.0316. The standard InChI is InChI=1S/C15H20O4/c16-10-12-3-1-6-19-15(12)11-4-5-13-14(9-11)18-8-2-7-17-13/h4-5,9,12,15-16H,1-3,6-8,10H2. The molecule has 19 heavy (non-hydrogen) atoms. The first-order chi connectivity index (χ1) is 9.38. The van der Waals surface area contributed by atoms with Crippen LogP contribution in [0, 0.1) is 5.92 Å². The van der Waals surface area contributed by atoms with Crippen LogP contribution in [0.5, 0.6) is 11.5 Å². The average Bonchev–Trinajstić information content (AvgIpc) is 2.71. The molecule has 1 aromatic rings. The summed E-state index contributed by atoms with van der Waals surface area (Å²) in [7, 11) is 0. The number of fused-ring (bicyclic) bond motifs is 1. The van der Waals surface area contributed by atoms with Gasteiger partial charge in [0.2, 0.25) is 0 Å². The molecule has 2 aliphatic heterocycles. The fourth-order valence-corrected chi connectivity index (χ4v) is 2.76. The molecule has 0 saturated carbocycles. The quantitative estimate of drug-likeness (QED) is 0.890. The largest absolute Gasteiger partial charge is 0.490 e. The molecule has 0 aromatic heterocycles. The van der Waals surface area contributed by atoms with Crippen molar-refractivity contribution >= 4 is 0 Å². The van der Waals surface area contributed by atoms with Crippen LogP contribution in [0.15, 0.2) is 18.2 Å². The molecule has 0 spiro atoms. The molecule has 2 aliphatic rings. The molecule has 0 aliphatic carbocycles. The number of benzene rings is 1. The molecule has 2 atom stereocenters. The van der Waals surface area contributed by atoms with Gasteiger partial charge in [-0.3, -0.25) is 0 Å². The third kappa shape index (κ3) is 2.69. The molecule has 2 heterocycles. The highest BCUT2D eigenvalue weighted by Crippen LogP contribution is 2.38. The second-order valence-electron chi connectivity index (χ2n) is 5.13. The molecule has 0 amide bonds. The van der Waals surface area contributed by atoms with Gasteiger partial charge in [-0.05, 0) is 30.5 Å². The van der Waals surface area contributed by atoms with Gasteiger partial charge in [0.15, 0.2) is 11.5 Å². The lowest BCUT2D eigenvalue weighted by Crippen LogP contribution is -2.25. The van der Waals surface area contributed by atoms with Gasteiger partial charge in [0.05, 0.1) is 19.3 Å². The van der Waals surface area contributed by atoms with Gasteiger partial charge in [0.1, 0.15) is 0 Å². The van der Waals surface area contributed by atoms with Crippen molar-refractivity contribution in [2.24, 2.45) is 5.92 Å². The van der Waals surface area contributed by atoms with E-state index in [9.17, 15) is 5.11 Å². The predicted molar refractivity (Wildman–Crippen MR) is 70.6 cm³/mol. The number of aliphatic hydroxyl groups excluding tert-OH is 1. The Hall–Kier alpha value is -1.26. The van der Waals surface area contributed by atoms with Crippen molar-refractivity contribution in [1.82, 2.24) is 0 Å². The van der Waals surface area contributed by atoms with Crippen molar-refractivity contribution < 1.29 is 19.3 Å². The van der Waals surface area contributed by atoms with Gasteiger partial charge in [0.25, 0.3) is 0 Å². The Morgan fingerprint density at radius 1 is 1.05 bits per heavy atom. The monoisotopic (exact) mass is 264 g/mol. The van der Waals surface area contributed by atoms with Crippen molar-refractivity contribution in [3.8, 4) is 11.5 Å². The van der Waals surface area contributed by atoms with Crippen LogP contribution in [0.1, 0.15) is 30.9 Å². The summed E-state index contributed by atoms with van der Waals surface area (Å²) < 4.78 is 17.2. The highest BCUT2D eigenvalue weighted by molar-refractivity contribution is 5.44. The summed E-state index contributed by atoms with van der Waals surface area (Å²) >= 11 is 0. The van der Waals surface area contributed by atoms with Gasteiger partial charge in [-0.2, -0.15) is 0 Å². The molecule has 3 rings (SSSR count). The Labute approximate surface area is 113 Å². The lowest BCUT2D eigenvalue weighted by Gasteiger charge is -2.31. The molecule has 1 saturated heterocycles. The van der Waals surface area contributed by atoms with E-state index in [1.165, 1.54) is 0 Å².